The van der Waals surface area contributed by atoms with E-state index in [-0.39, 0.29) is 18.7 Å². The number of aliphatic hydroxyl groups excluding tert-OH is 2. The van der Waals surface area contributed by atoms with E-state index in [0.29, 0.717) is 0 Å². The van der Waals surface area contributed by atoms with Crippen LogP contribution in [0, 0.1) is 0 Å². The first-order valence-electron chi connectivity index (χ1n) is 4.73. The highest BCUT2D eigenvalue weighted by Gasteiger charge is 2.61. The summed E-state index contributed by atoms with van der Waals surface area (Å²) in [5.41, 5.74) is -0.939. The van der Waals surface area contributed by atoms with Crippen LogP contribution >= 0.6 is 0 Å². The van der Waals surface area contributed by atoms with Crippen LogP contribution in [0.1, 0.15) is 8.29 Å². The number of nitrogens with zero attached hydrogens (tertiary/aromatic N) is 1. The number of morpholine rings is 1. The monoisotopic (exact) mass is 175 g/mol. The van der Waals surface area contributed by atoms with Crippen LogP contribution < -0.4 is 0 Å². The van der Waals surface area contributed by atoms with Gasteiger partial charge in [-0.1, -0.05) is 0 Å². The molecule has 2 aliphatic heterocycles. The van der Waals surface area contributed by atoms with Gasteiger partial charge in [-0.25, -0.2) is 0 Å². The third kappa shape index (κ3) is 0.713. The Morgan fingerprint density at radius 3 is 2.92 bits per heavy atom. The van der Waals surface area contributed by atoms with Gasteiger partial charge in [0.05, 0.1) is 20.6 Å². The summed E-state index contributed by atoms with van der Waals surface area (Å²) in [7, 11) is 1.85. The molecule has 70 valence electrons. The van der Waals surface area contributed by atoms with Crippen molar-refractivity contribution in [2.45, 2.75) is 30.7 Å². The molecule has 4 heteroatoms. The number of ether oxygens (including phenoxy) is 1. The van der Waals surface area contributed by atoms with Gasteiger partial charge < -0.3 is 14.9 Å². The second kappa shape index (κ2) is 2.42. The van der Waals surface area contributed by atoms with Crippen molar-refractivity contribution in [1.82, 2.24) is 4.90 Å². The summed E-state index contributed by atoms with van der Waals surface area (Å²) in [5.74, 6) is 0. The molecule has 2 aliphatic rings. The summed E-state index contributed by atoms with van der Waals surface area (Å²) in [6, 6.07) is -0.346. The van der Waals surface area contributed by atoms with Gasteiger partial charge in [-0.2, -0.15) is 0 Å². The molecule has 0 spiro atoms. The maximum atomic E-state index is 9.84. The fourth-order valence-corrected chi connectivity index (χ4v) is 2.16. The minimum Gasteiger partial charge on any atom is -0.393 e. The van der Waals surface area contributed by atoms with Crippen LogP contribution in [-0.4, -0.2) is 59.1 Å². The van der Waals surface area contributed by atoms with E-state index in [4.69, 9.17) is 6.11 Å². The van der Waals surface area contributed by atoms with Gasteiger partial charge in [0.1, 0.15) is 11.7 Å². The highest BCUT2D eigenvalue weighted by Crippen LogP contribution is 2.41. The van der Waals surface area contributed by atoms with Crippen molar-refractivity contribution in [3.8, 4) is 0 Å². The minimum atomic E-state index is -0.939. The van der Waals surface area contributed by atoms with Gasteiger partial charge in [0.2, 0.25) is 0 Å². The third-order valence-electron chi connectivity index (χ3n) is 3.29. The van der Waals surface area contributed by atoms with Gasteiger partial charge in [0.15, 0.2) is 0 Å². The van der Waals surface area contributed by atoms with E-state index in [9.17, 15) is 10.2 Å². The maximum absolute atomic E-state index is 9.84. The van der Waals surface area contributed by atoms with Gasteiger partial charge in [-0.15, -0.1) is 0 Å². The number of fused-ring (bicyclic) bond motifs is 2. The standard InChI is InChI=1S/C8H15NO3/c1-5-8(4-10)7(11)6(3-12-8)9(5)2/h5-7,10-11H,3-4H2,1-2H3/t5-,6+,7+,8+/m1/s1/i3T/t3-,5+,6-,7-,8-/m0. The molecule has 0 radical (unpaired) electrons. The Morgan fingerprint density at radius 1 is 1.83 bits per heavy atom. The number of likely N-dealkylation sites (tertiary alicyclic amines) is 1. The Balaban J connectivity index is 2.36. The highest BCUT2D eigenvalue weighted by molar-refractivity contribution is 5.13. The Bertz CT molecular complexity index is 227. The molecule has 0 amide bonds. The molecule has 0 aromatic heterocycles. The van der Waals surface area contributed by atoms with E-state index in [1.807, 2.05) is 18.9 Å². The van der Waals surface area contributed by atoms with E-state index >= 15 is 0 Å². The summed E-state index contributed by atoms with van der Waals surface area (Å²) < 4.78 is 12.9. The molecule has 0 unspecified atom stereocenters. The first-order chi connectivity index (χ1) is 6.04. The Hall–Kier alpha value is -0.160. The number of hydrogen-bond donors (Lipinski definition) is 2. The lowest BCUT2D eigenvalue weighted by Gasteiger charge is -2.35. The van der Waals surface area contributed by atoms with Crippen molar-refractivity contribution in [1.29, 1.82) is 0 Å². The van der Waals surface area contributed by atoms with Crippen molar-refractivity contribution in [3.63, 3.8) is 0 Å². The topological polar surface area (TPSA) is 52.9 Å². The Labute approximate surface area is 73.1 Å². The molecule has 2 rings (SSSR count). The number of rotatable bonds is 1. The van der Waals surface area contributed by atoms with Gasteiger partial charge in [-0.05, 0) is 14.0 Å². The molecule has 0 saturated carbocycles. The van der Waals surface area contributed by atoms with Crippen molar-refractivity contribution >= 4 is 0 Å². The van der Waals surface area contributed by atoms with E-state index < -0.39 is 18.3 Å². The molecule has 2 N–H and O–H groups in total. The van der Waals surface area contributed by atoms with Crippen molar-refractivity contribution < 1.29 is 16.3 Å². The molecule has 5 atom stereocenters. The van der Waals surface area contributed by atoms with Crippen molar-refractivity contribution in [2.24, 2.45) is 0 Å². The molecule has 12 heavy (non-hydrogen) atoms. The van der Waals surface area contributed by atoms with E-state index in [1.54, 1.807) is 0 Å². The molecule has 0 aliphatic carbocycles. The highest BCUT2D eigenvalue weighted by atomic mass is 16.5. The average Bonchev–Trinajstić information content (AvgIpc) is 2.44. The van der Waals surface area contributed by atoms with Gasteiger partial charge >= 0.3 is 0 Å². The number of likely N-dealkylation sites (N-methyl/N-ethyl adjacent to an activating group) is 1. The quantitative estimate of drug-likeness (QED) is 0.526. The van der Waals surface area contributed by atoms with Crippen LogP contribution in [0.15, 0.2) is 0 Å². The van der Waals surface area contributed by atoms with Gasteiger partial charge in [-0.3, -0.25) is 4.90 Å². The summed E-state index contributed by atoms with van der Waals surface area (Å²) in [6.45, 7) is 0.917. The van der Waals surface area contributed by atoms with Gasteiger partial charge in [0, 0.05) is 6.04 Å². The second-order valence-corrected chi connectivity index (χ2v) is 3.64. The van der Waals surface area contributed by atoms with Crippen LogP contribution in [0.5, 0.6) is 0 Å². The van der Waals surface area contributed by atoms with Crippen LogP contribution in [0.25, 0.3) is 0 Å². The average molecular weight is 175 g/mol. The summed E-state index contributed by atoms with van der Waals surface area (Å²) >= 11 is 0. The second-order valence-electron chi connectivity index (χ2n) is 3.64. The zero-order valence-corrected chi connectivity index (χ0v) is 7.27. The summed E-state index contributed by atoms with van der Waals surface area (Å²) in [5, 5.41) is 19.1. The predicted octanol–water partition coefficient (Wildman–Crippen LogP) is -1.19. The largest absolute Gasteiger partial charge is 0.393 e. The molecule has 4 nitrogen and oxygen atoms in total. The zero-order valence-electron chi connectivity index (χ0n) is 8.27. The van der Waals surface area contributed by atoms with Crippen LogP contribution in [0.3, 0.4) is 0 Å². The normalized spacial score (nSPS) is 60.8. The maximum Gasteiger partial charge on any atom is 0.134 e. The van der Waals surface area contributed by atoms with Crippen molar-refractivity contribution in [2.75, 3.05) is 20.2 Å². The minimum absolute atomic E-state index is 0.0425. The predicted molar refractivity (Wildman–Crippen MR) is 42.8 cm³/mol. The molecule has 2 heterocycles. The third-order valence-corrected chi connectivity index (χ3v) is 3.29. The van der Waals surface area contributed by atoms with E-state index in [1.165, 1.54) is 0 Å². The van der Waals surface area contributed by atoms with Crippen LogP contribution in [-0.2, 0) is 4.74 Å². The SMILES string of the molecule is [3H][C@@H]1O[C@]2(CO)[C@@H](O)[C@H]1N(C)[C@@H]2C. The fourth-order valence-electron chi connectivity index (χ4n) is 2.16. The lowest BCUT2D eigenvalue weighted by atomic mass is 9.94. The van der Waals surface area contributed by atoms with Crippen LogP contribution in [0.2, 0.25) is 0 Å². The number of aliphatic hydroxyl groups is 2. The number of hydrogen-bond acceptors (Lipinski definition) is 4. The van der Waals surface area contributed by atoms with E-state index in [2.05, 4.69) is 0 Å². The Kier molecular flexibility index (Phi) is 1.46. The smallest absolute Gasteiger partial charge is 0.134 e. The lowest BCUT2D eigenvalue weighted by Crippen LogP contribution is -2.52. The summed E-state index contributed by atoms with van der Waals surface area (Å²) in [4.78, 5) is 1.90. The van der Waals surface area contributed by atoms with Crippen molar-refractivity contribution in [3.05, 3.63) is 0 Å². The fraction of sp³-hybridized carbons (Fsp3) is 1.00. The molecular weight excluding hydrogens is 158 g/mol. The first-order valence-corrected chi connectivity index (χ1v) is 4.15. The Morgan fingerprint density at radius 2 is 2.50 bits per heavy atom. The molecular formula is C8H15NO3. The molecule has 0 aromatic carbocycles. The molecule has 2 saturated heterocycles. The van der Waals surface area contributed by atoms with Gasteiger partial charge in [0.25, 0.3) is 0 Å². The zero-order chi connectivity index (χ0) is 9.80. The van der Waals surface area contributed by atoms with E-state index in [0.717, 1.165) is 0 Å². The van der Waals surface area contributed by atoms with Crippen LogP contribution in [0.4, 0.5) is 0 Å². The summed E-state index contributed by atoms with van der Waals surface area (Å²) in [6.07, 6.45) is -0.750. The lowest BCUT2D eigenvalue weighted by molar-refractivity contribution is -0.119. The molecule has 2 fully saturated rings. The molecule has 2 bridgehead atoms. The first kappa shape index (κ1) is 7.26. The molecule has 0 aromatic rings.